The van der Waals surface area contributed by atoms with Gasteiger partial charge in [0.1, 0.15) is 5.75 Å². The minimum absolute atomic E-state index is 0.158. The Kier molecular flexibility index (Phi) is 4.09. The molecule has 1 aromatic carbocycles. The lowest BCUT2D eigenvalue weighted by Crippen LogP contribution is -2.19. The fourth-order valence-corrected chi connectivity index (χ4v) is 2.10. The molecule has 0 saturated heterocycles. The Labute approximate surface area is 109 Å². The maximum Gasteiger partial charge on any atom is 0.245 e. The van der Waals surface area contributed by atoms with Crippen LogP contribution in [0, 0.1) is 0 Å². The minimum Gasteiger partial charge on any atom is -0.508 e. The summed E-state index contributed by atoms with van der Waals surface area (Å²) in [6.07, 6.45) is 1.82. The standard InChI is InChI=1S/C13H12N2O2S/c16-11-4-1-3-10(7-11)9-14-15-13(17)8-12-5-2-6-18-12/h1-7,9,16H,8H2,(H,15,17)/b14-9+. The number of aromatic hydroxyl groups is 1. The van der Waals surface area contributed by atoms with Crippen LogP contribution in [0.1, 0.15) is 10.4 Å². The summed E-state index contributed by atoms with van der Waals surface area (Å²) < 4.78 is 0. The summed E-state index contributed by atoms with van der Waals surface area (Å²) in [5.74, 6) is 0.0118. The monoisotopic (exact) mass is 260 g/mol. The van der Waals surface area contributed by atoms with E-state index in [2.05, 4.69) is 10.5 Å². The third kappa shape index (κ3) is 3.71. The molecule has 0 unspecified atom stereocenters. The first-order valence-corrected chi connectivity index (χ1v) is 6.25. The molecule has 92 valence electrons. The molecule has 4 nitrogen and oxygen atoms in total. The van der Waals surface area contributed by atoms with Crippen molar-refractivity contribution in [1.29, 1.82) is 0 Å². The van der Waals surface area contributed by atoms with Crippen molar-refractivity contribution in [2.45, 2.75) is 6.42 Å². The molecule has 1 heterocycles. The highest BCUT2D eigenvalue weighted by Gasteiger charge is 2.01. The lowest BCUT2D eigenvalue weighted by Gasteiger charge is -1.97. The van der Waals surface area contributed by atoms with E-state index in [9.17, 15) is 9.90 Å². The van der Waals surface area contributed by atoms with Crippen LogP contribution in [0.3, 0.4) is 0 Å². The van der Waals surface area contributed by atoms with Crippen molar-refractivity contribution < 1.29 is 9.90 Å². The number of nitrogens with zero attached hydrogens (tertiary/aromatic N) is 1. The van der Waals surface area contributed by atoms with Gasteiger partial charge in [-0.2, -0.15) is 5.10 Å². The molecule has 0 radical (unpaired) electrons. The molecule has 2 aromatic rings. The smallest absolute Gasteiger partial charge is 0.245 e. The Morgan fingerprint density at radius 1 is 1.39 bits per heavy atom. The van der Waals surface area contributed by atoms with Crippen LogP contribution < -0.4 is 5.43 Å². The summed E-state index contributed by atoms with van der Waals surface area (Å²) >= 11 is 1.54. The van der Waals surface area contributed by atoms with Crippen LogP contribution >= 0.6 is 11.3 Å². The van der Waals surface area contributed by atoms with Gasteiger partial charge in [0, 0.05) is 4.88 Å². The van der Waals surface area contributed by atoms with E-state index in [1.807, 2.05) is 17.5 Å². The average Bonchev–Trinajstić information content (AvgIpc) is 2.82. The van der Waals surface area contributed by atoms with E-state index >= 15 is 0 Å². The molecule has 1 aromatic heterocycles. The third-order valence-electron chi connectivity index (χ3n) is 2.19. The van der Waals surface area contributed by atoms with E-state index in [0.29, 0.717) is 6.42 Å². The molecular formula is C13H12N2O2S. The summed E-state index contributed by atoms with van der Waals surface area (Å²) in [4.78, 5) is 12.5. The lowest BCUT2D eigenvalue weighted by atomic mass is 10.2. The van der Waals surface area contributed by atoms with Crippen LogP contribution in [0.2, 0.25) is 0 Å². The molecule has 2 N–H and O–H groups in total. The molecule has 0 saturated carbocycles. The van der Waals surface area contributed by atoms with E-state index in [0.717, 1.165) is 10.4 Å². The highest BCUT2D eigenvalue weighted by atomic mass is 32.1. The molecule has 0 fully saturated rings. The fourth-order valence-electron chi connectivity index (χ4n) is 1.39. The summed E-state index contributed by atoms with van der Waals surface area (Å²) in [6.45, 7) is 0. The molecule has 0 aliphatic heterocycles. The van der Waals surface area contributed by atoms with Crippen molar-refractivity contribution in [3.05, 3.63) is 52.2 Å². The van der Waals surface area contributed by atoms with E-state index in [1.165, 1.54) is 17.6 Å². The number of carbonyl (C=O) groups excluding carboxylic acids is 1. The number of thiophene rings is 1. The molecule has 0 aliphatic carbocycles. The second-order valence-corrected chi connectivity index (χ2v) is 4.68. The van der Waals surface area contributed by atoms with Crippen molar-refractivity contribution >= 4 is 23.5 Å². The second kappa shape index (κ2) is 5.97. The Morgan fingerprint density at radius 2 is 2.28 bits per heavy atom. The zero-order valence-corrected chi connectivity index (χ0v) is 10.4. The molecule has 1 amide bonds. The highest BCUT2D eigenvalue weighted by molar-refractivity contribution is 7.10. The number of rotatable bonds is 4. The number of phenols is 1. The van der Waals surface area contributed by atoms with Crippen molar-refractivity contribution in [3.8, 4) is 5.75 Å². The van der Waals surface area contributed by atoms with Crippen LogP contribution in [-0.4, -0.2) is 17.2 Å². The zero-order chi connectivity index (χ0) is 12.8. The average molecular weight is 260 g/mol. The first kappa shape index (κ1) is 12.3. The minimum atomic E-state index is -0.158. The topological polar surface area (TPSA) is 61.7 Å². The number of hydrogen-bond acceptors (Lipinski definition) is 4. The Balaban J connectivity index is 1.86. The number of benzene rings is 1. The number of amides is 1. The SMILES string of the molecule is O=C(Cc1cccs1)N/N=C/c1cccc(O)c1. The van der Waals surface area contributed by atoms with Crippen LogP contribution in [0.15, 0.2) is 46.9 Å². The maximum atomic E-state index is 11.5. The zero-order valence-electron chi connectivity index (χ0n) is 9.54. The molecule has 0 bridgehead atoms. The number of carbonyl (C=O) groups is 1. The van der Waals surface area contributed by atoms with Gasteiger partial charge < -0.3 is 5.11 Å². The number of hydrazone groups is 1. The molecule has 0 spiro atoms. The fraction of sp³-hybridized carbons (Fsp3) is 0.0769. The van der Waals surface area contributed by atoms with Gasteiger partial charge in [0.05, 0.1) is 12.6 Å². The normalized spacial score (nSPS) is 10.7. The summed E-state index contributed by atoms with van der Waals surface area (Å²) in [5, 5.41) is 15.0. The van der Waals surface area contributed by atoms with Crippen molar-refractivity contribution in [2.24, 2.45) is 5.10 Å². The lowest BCUT2D eigenvalue weighted by molar-refractivity contribution is -0.120. The van der Waals surface area contributed by atoms with Gasteiger partial charge in [0.25, 0.3) is 0 Å². The van der Waals surface area contributed by atoms with Crippen LogP contribution in [0.25, 0.3) is 0 Å². The maximum absolute atomic E-state index is 11.5. The summed E-state index contributed by atoms with van der Waals surface area (Å²) in [7, 11) is 0. The summed E-state index contributed by atoms with van der Waals surface area (Å²) in [5.41, 5.74) is 3.17. The van der Waals surface area contributed by atoms with Gasteiger partial charge in [0.15, 0.2) is 0 Å². The van der Waals surface area contributed by atoms with Gasteiger partial charge in [-0.1, -0.05) is 18.2 Å². The van der Waals surface area contributed by atoms with Crippen molar-refractivity contribution in [1.82, 2.24) is 5.43 Å². The molecule has 18 heavy (non-hydrogen) atoms. The van der Waals surface area contributed by atoms with Gasteiger partial charge in [-0.05, 0) is 29.1 Å². The van der Waals surface area contributed by atoms with Crippen LogP contribution in [-0.2, 0) is 11.2 Å². The Bertz CT molecular complexity index is 550. The number of nitrogens with one attached hydrogen (secondary N) is 1. The van der Waals surface area contributed by atoms with Gasteiger partial charge >= 0.3 is 0 Å². The summed E-state index contributed by atoms with van der Waals surface area (Å²) in [6, 6.07) is 10.5. The first-order valence-electron chi connectivity index (χ1n) is 5.37. The van der Waals surface area contributed by atoms with Crippen LogP contribution in [0.4, 0.5) is 0 Å². The molecule has 5 heteroatoms. The van der Waals surface area contributed by atoms with E-state index in [-0.39, 0.29) is 11.7 Å². The molecule has 0 atom stereocenters. The third-order valence-corrected chi connectivity index (χ3v) is 3.06. The van der Waals surface area contributed by atoms with E-state index in [1.54, 1.807) is 24.3 Å². The number of phenolic OH excluding ortho intramolecular Hbond substituents is 1. The van der Waals surface area contributed by atoms with Gasteiger partial charge in [-0.15, -0.1) is 11.3 Å². The van der Waals surface area contributed by atoms with Gasteiger partial charge in [0.2, 0.25) is 5.91 Å². The quantitative estimate of drug-likeness (QED) is 0.653. The molecule has 2 rings (SSSR count). The Morgan fingerprint density at radius 3 is 3.00 bits per heavy atom. The highest BCUT2D eigenvalue weighted by Crippen LogP contribution is 2.09. The van der Waals surface area contributed by atoms with Crippen molar-refractivity contribution in [3.63, 3.8) is 0 Å². The number of hydrogen-bond donors (Lipinski definition) is 2. The van der Waals surface area contributed by atoms with Crippen LogP contribution in [0.5, 0.6) is 5.75 Å². The first-order chi connectivity index (χ1) is 8.74. The van der Waals surface area contributed by atoms with Crippen molar-refractivity contribution in [2.75, 3.05) is 0 Å². The Hall–Kier alpha value is -2.14. The molecule has 0 aliphatic rings. The van der Waals surface area contributed by atoms with Gasteiger partial charge in [-0.3, -0.25) is 4.79 Å². The van der Waals surface area contributed by atoms with E-state index < -0.39 is 0 Å². The van der Waals surface area contributed by atoms with E-state index in [4.69, 9.17) is 0 Å². The second-order valence-electron chi connectivity index (χ2n) is 3.64. The largest absolute Gasteiger partial charge is 0.508 e. The van der Waals surface area contributed by atoms with Gasteiger partial charge in [-0.25, -0.2) is 5.43 Å². The predicted molar refractivity (Wildman–Crippen MR) is 71.9 cm³/mol. The molecular weight excluding hydrogens is 248 g/mol. The predicted octanol–water partition coefficient (Wildman–Crippen LogP) is 2.15.